The van der Waals surface area contributed by atoms with Gasteiger partial charge in [-0.05, 0) is 79.8 Å². The topological polar surface area (TPSA) is 41.5 Å². The summed E-state index contributed by atoms with van der Waals surface area (Å²) in [4.78, 5) is 17.7. The van der Waals surface area contributed by atoms with Gasteiger partial charge in [0.1, 0.15) is 5.82 Å². The van der Waals surface area contributed by atoms with Gasteiger partial charge in [0, 0.05) is 37.1 Å². The molecule has 0 aliphatic carbocycles. The molecule has 0 amide bonds. The van der Waals surface area contributed by atoms with Gasteiger partial charge < -0.3 is 5.32 Å². The van der Waals surface area contributed by atoms with Gasteiger partial charge in [0.05, 0.1) is 10.9 Å². The maximum absolute atomic E-state index is 13.6. The summed E-state index contributed by atoms with van der Waals surface area (Å²) in [5.74, 6) is 0.696. The summed E-state index contributed by atoms with van der Waals surface area (Å²) in [7, 11) is 0. The van der Waals surface area contributed by atoms with E-state index in [2.05, 4.69) is 42.4 Å². The lowest BCUT2D eigenvalue weighted by Crippen LogP contribution is -2.20. The van der Waals surface area contributed by atoms with Crippen LogP contribution in [0.15, 0.2) is 59.6 Å². The van der Waals surface area contributed by atoms with E-state index in [0.717, 1.165) is 36.3 Å². The molecule has 0 unspecified atom stereocenters. The van der Waals surface area contributed by atoms with Gasteiger partial charge in [-0.15, -0.1) is 0 Å². The average molecular weight is 463 g/mol. The van der Waals surface area contributed by atoms with E-state index < -0.39 is 0 Å². The van der Waals surface area contributed by atoms with Crippen LogP contribution in [0.4, 0.5) is 4.39 Å². The van der Waals surface area contributed by atoms with Gasteiger partial charge in [-0.3, -0.25) is 9.79 Å². The summed E-state index contributed by atoms with van der Waals surface area (Å²) in [6.07, 6.45) is 3.12. The third-order valence-electron chi connectivity index (χ3n) is 5.85. The second kappa shape index (κ2) is 10.3. The summed E-state index contributed by atoms with van der Waals surface area (Å²) in [6.45, 7) is 5.57. The van der Waals surface area contributed by atoms with Crippen LogP contribution in [0.3, 0.4) is 0 Å². The number of ketones is 1. The van der Waals surface area contributed by atoms with E-state index in [1.165, 1.54) is 28.8 Å². The van der Waals surface area contributed by atoms with E-state index in [1.54, 1.807) is 6.07 Å². The largest absolute Gasteiger partial charge is 0.370 e. The molecule has 33 heavy (non-hydrogen) atoms. The number of nitrogens with one attached hydrogen (secondary N) is 1. The second-order valence-corrected chi connectivity index (χ2v) is 9.15. The fraction of sp³-hybridized carbons (Fsp3) is 0.286. The van der Waals surface area contributed by atoms with Gasteiger partial charge in [0.25, 0.3) is 0 Å². The van der Waals surface area contributed by atoms with Crippen molar-refractivity contribution in [1.82, 2.24) is 5.32 Å². The van der Waals surface area contributed by atoms with Crippen molar-refractivity contribution in [2.45, 2.75) is 46.1 Å². The lowest BCUT2D eigenvalue weighted by Gasteiger charge is -2.13. The zero-order chi connectivity index (χ0) is 23.4. The number of halogens is 2. The molecule has 0 saturated heterocycles. The quantitative estimate of drug-likeness (QED) is 0.389. The summed E-state index contributed by atoms with van der Waals surface area (Å²) in [6, 6.07) is 16.6. The molecule has 0 fully saturated rings. The van der Waals surface area contributed by atoms with Gasteiger partial charge in [0.2, 0.25) is 0 Å². The molecule has 0 bridgehead atoms. The van der Waals surface area contributed by atoms with Gasteiger partial charge >= 0.3 is 0 Å². The number of hydrogen-bond acceptors (Lipinski definition) is 3. The average Bonchev–Trinajstić information content (AvgIpc) is 3.29. The van der Waals surface area contributed by atoms with Crippen molar-refractivity contribution in [2.75, 3.05) is 6.54 Å². The molecule has 0 radical (unpaired) electrons. The molecular weight excluding hydrogens is 435 g/mol. The van der Waals surface area contributed by atoms with Gasteiger partial charge in [-0.25, -0.2) is 4.39 Å². The minimum atomic E-state index is -0.384. The third kappa shape index (κ3) is 6.08. The minimum Gasteiger partial charge on any atom is -0.370 e. The molecule has 3 aromatic carbocycles. The number of carbonyl (C=O) groups is 1. The highest BCUT2D eigenvalue weighted by molar-refractivity contribution is 6.33. The number of benzene rings is 3. The Hall–Kier alpha value is -2.98. The molecule has 4 rings (SSSR count). The SMILES string of the molecule is Cc1cc(C)cc(CCC(=O)c2cc(CNC3=NCCC3)cc(-c3ccc(F)cc3Cl)c2)c1. The summed E-state index contributed by atoms with van der Waals surface area (Å²) >= 11 is 6.34. The van der Waals surface area contributed by atoms with E-state index in [4.69, 9.17) is 11.6 Å². The van der Waals surface area contributed by atoms with Crippen molar-refractivity contribution < 1.29 is 9.18 Å². The Morgan fingerprint density at radius 3 is 2.52 bits per heavy atom. The van der Waals surface area contributed by atoms with Crippen molar-refractivity contribution in [3.8, 4) is 11.1 Å². The number of amidine groups is 1. The first-order valence-corrected chi connectivity index (χ1v) is 11.7. The Kier molecular flexibility index (Phi) is 7.24. The zero-order valence-corrected chi connectivity index (χ0v) is 19.8. The second-order valence-electron chi connectivity index (χ2n) is 8.75. The van der Waals surface area contributed by atoms with Gasteiger partial charge in [-0.1, -0.05) is 40.9 Å². The normalized spacial score (nSPS) is 13.2. The minimum absolute atomic E-state index is 0.0775. The molecule has 0 atom stereocenters. The van der Waals surface area contributed by atoms with Crippen molar-refractivity contribution >= 4 is 23.2 Å². The van der Waals surface area contributed by atoms with E-state index in [-0.39, 0.29) is 11.6 Å². The molecule has 0 spiro atoms. The first kappa shape index (κ1) is 23.2. The number of nitrogens with zero attached hydrogens (tertiary/aromatic N) is 1. The van der Waals surface area contributed by atoms with E-state index in [9.17, 15) is 9.18 Å². The van der Waals surface area contributed by atoms with Crippen LogP contribution in [0.25, 0.3) is 11.1 Å². The van der Waals surface area contributed by atoms with Crippen LogP contribution < -0.4 is 5.32 Å². The molecule has 0 saturated carbocycles. The number of Topliss-reactive ketones (excluding diaryl/α,β-unsaturated/α-hetero) is 1. The first-order chi connectivity index (χ1) is 15.9. The maximum atomic E-state index is 13.6. The van der Waals surface area contributed by atoms with Crippen molar-refractivity contribution in [3.63, 3.8) is 0 Å². The fourth-order valence-electron chi connectivity index (χ4n) is 4.34. The molecule has 0 aromatic heterocycles. The van der Waals surface area contributed by atoms with E-state index in [1.807, 2.05) is 18.2 Å². The van der Waals surface area contributed by atoms with Crippen LogP contribution in [0.1, 0.15) is 51.9 Å². The molecule has 5 heteroatoms. The van der Waals surface area contributed by atoms with Crippen molar-refractivity contribution in [2.24, 2.45) is 4.99 Å². The molecule has 170 valence electrons. The van der Waals surface area contributed by atoms with Crippen LogP contribution in [0.2, 0.25) is 5.02 Å². The summed E-state index contributed by atoms with van der Waals surface area (Å²) in [5, 5.41) is 3.71. The smallest absolute Gasteiger partial charge is 0.163 e. The van der Waals surface area contributed by atoms with Gasteiger partial charge in [-0.2, -0.15) is 0 Å². The maximum Gasteiger partial charge on any atom is 0.163 e. The predicted octanol–water partition coefficient (Wildman–Crippen LogP) is 6.86. The molecular formula is C28H28ClFN2O. The number of carbonyl (C=O) groups excluding carboxylic acids is 1. The highest BCUT2D eigenvalue weighted by Crippen LogP contribution is 2.30. The van der Waals surface area contributed by atoms with Crippen LogP contribution in [-0.2, 0) is 13.0 Å². The molecule has 1 aliphatic heterocycles. The highest BCUT2D eigenvalue weighted by atomic mass is 35.5. The predicted molar refractivity (Wildman–Crippen MR) is 134 cm³/mol. The Balaban J connectivity index is 1.60. The number of aliphatic imine (C=N–C) groups is 1. The Bertz CT molecular complexity index is 1200. The standard InChI is InChI=1S/C28H28ClFN2O/c1-18-10-19(2)12-20(11-18)5-8-27(33)23-14-21(17-32-28-4-3-9-31-28)13-22(15-23)25-7-6-24(30)16-26(25)29/h6-7,10-16H,3-5,8-9,17H2,1-2H3,(H,31,32). The summed E-state index contributed by atoms with van der Waals surface area (Å²) < 4.78 is 13.6. The Labute approximate surface area is 199 Å². The monoisotopic (exact) mass is 462 g/mol. The van der Waals surface area contributed by atoms with Crippen molar-refractivity contribution in [1.29, 1.82) is 0 Å². The van der Waals surface area contributed by atoms with Crippen LogP contribution in [0.5, 0.6) is 0 Å². The van der Waals surface area contributed by atoms with Crippen LogP contribution in [0, 0.1) is 19.7 Å². The van der Waals surface area contributed by atoms with Crippen LogP contribution in [-0.4, -0.2) is 18.2 Å². The zero-order valence-electron chi connectivity index (χ0n) is 19.1. The number of hydrogen-bond donors (Lipinski definition) is 1. The Morgan fingerprint density at radius 1 is 1.03 bits per heavy atom. The molecule has 1 N–H and O–H groups in total. The number of rotatable bonds is 7. The fourth-order valence-corrected chi connectivity index (χ4v) is 4.61. The van der Waals surface area contributed by atoms with Crippen LogP contribution >= 0.6 is 11.6 Å². The van der Waals surface area contributed by atoms with E-state index >= 15 is 0 Å². The molecule has 1 heterocycles. The van der Waals surface area contributed by atoms with Gasteiger partial charge in [0.15, 0.2) is 5.78 Å². The highest BCUT2D eigenvalue weighted by Gasteiger charge is 2.14. The Morgan fingerprint density at radius 2 is 1.82 bits per heavy atom. The molecule has 1 aliphatic rings. The first-order valence-electron chi connectivity index (χ1n) is 11.3. The van der Waals surface area contributed by atoms with E-state index in [0.29, 0.717) is 35.5 Å². The summed E-state index contributed by atoms with van der Waals surface area (Å²) in [5.41, 5.74) is 6.70. The number of aryl methyl sites for hydroxylation is 3. The van der Waals surface area contributed by atoms with Crippen molar-refractivity contribution in [3.05, 3.63) is 93.3 Å². The molecule has 3 nitrogen and oxygen atoms in total. The molecule has 3 aromatic rings. The third-order valence-corrected chi connectivity index (χ3v) is 6.16. The lowest BCUT2D eigenvalue weighted by molar-refractivity contribution is 0.0982. The lowest BCUT2D eigenvalue weighted by atomic mass is 9.95.